The van der Waals surface area contributed by atoms with E-state index in [-0.39, 0.29) is 4.90 Å². The highest BCUT2D eigenvalue weighted by Crippen LogP contribution is 2.45. The monoisotopic (exact) mass is 380 g/mol. The number of nitrogens with zero attached hydrogens (tertiary/aromatic N) is 1. The number of sulfonamides is 1. The quantitative estimate of drug-likeness (QED) is 0.478. The van der Waals surface area contributed by atoms with Gasteiger partial charge in [0.25, 0.3) is 0 Å². The van der Waals surface area contributed by atoms with Gasteiger partial charge in [-0.2, -0.15) is 0 Å². The second-order valence-corrected chi connectivity index (χ2v) is 9.47. The van der Waals surface area contributed by atoms with E-state index in [4.69, 9.17) is 0 Å². The lowest BCUT2D eigenvalue weighted by molar-refractivity contribution is 0.104. The van der Waals surface area contributed by atoms with Gasteiger partial charge in [-0.05, 0) is 55.3 Å². The second kappa shape index (κ2) is 8.86. The van der Waals surface area contributed by atoms with Crippen molar-refractivity contribution in [1.82, 2.24) is 15.4 Å². The van der Waals surface area contributed by atoms with E-state index in [1.807, 2.05) is 12.1 Å². The molecule has 1 aromatic rings. The molecule has 146 valence electrons. The lowest BCUT2D eigenvalue weighted by Gasteiger charge is -2.43. The van der Waals surface area contributed by atoms with Crippen molar-refractivity contribution >= 4 is 16.0 Å². The summed E-state index contributed by atoms with van der Waals surface area (Å²) in [7, 11) is -0.206. The number of guanidine groups is 1. The van der Waals surface area contributed by atoms with Crippen molar-refractivity contribution in [3.63, 3.8) is 0 Å². The van der Waals surface area contributed by atoms with Crippen LogP contribution in [-0.2, 0) is 16.6 Å². The first-order valence-corrected chi connectivity index (χ1v) is 10.8. The Hall–Kier alpha value is -1.60. The molecule has 0 spiro atoms. The summed E-state index contributed by atoms with van der Waals surface area (Å²) in [6, 6.07) is 6.86. The van der Waals surface area contributed by atoms with Crippen LogP contribution in [0.25, 0.3) is 0 Å². The van der Waals surface area contributed by atoms with Gasteiger partial charge in [0.05, 0.1) is 4.90 Å². The van der Waals surface area contributed by atoms with Crippen molar-refractivity contribution in [2.45, 2.75) is 51.0 Å². The maximum atomic E-state index is 11.8. The molecule has 1 aromatic carbocycles. The molecule has 2 rings (SSSR count). The highest BCUT2D eigenvalue weighted by atomic mass is 32.2. The fraction of sp³-hybridized carbons (Fsp3) is 0.632. The van der Waals surface area contributed by atoms with Crippen molar-refractivity contribution in [3.05, 3.63) is 29.8 Å². The summed E-state index contributed by atoms with van der Waals surface area (Å²) in [4.78, 5) is 4.57. The molecule has 0 unspecified atom stereocenters. The minimum atomic E-state index is -3.39. The first kappa shape index (κ1) is 20.7. The van der Waals surface area contributed by atoms with Crippen LogP contribution in [0.4, 0.5) is 0 Å². The zero-order chi connectivity index (χ0) is 19.2. The van der Waals surface area contributed by atoms with E-state index in [0.29, 0.717) is 17.9 Å². The van der Waals surface area contributed by atoms with Crippen molar-refractivity contribution in [2.75, 3.05) is 20.6 Å². The molecule has 0 heterocycles. The molecule has 1 aliphatic rings. The SMILES string of the molecule is CN=C(NCc1ccc(S(=O)(=O)NC)cc1)NCC1(CC(C)C)CCC1. The lowest BCUT2D eigenvalue weighted by Crippen LogP contribution is -2.46. The van der Waals surface area contributed by atoms with Crippen molar-refractivity contribution in [1.29, 1.82) is 0 Å². The van der Waals surface area contributed by atoms with Gasteiger partial charge in [0.15, 0.2) is 5.96 Å². The third-order valence-corrected chi connectivity index (χ3v) is 6.50. The Morgan fingerprint density at radius 3 is 2.31 bits per heavy atom. The number of rotatable bonds is 8. The predicted octanol–water partition coefficient (Wildman–Crippen LogP) is 2.48. The fourth-order valence-electron chi connectivity index (χ4n) is 3.58. The molecule has 0 amide bonds. The van der Waals surface area contributed by atoms with Gasteiger partial charge in [-0.3, -0.25) is 4.99 Å². The average Bonchev–Trinajstić information content (AvgIpc) is 2.59. The van der Waals surface area contributed by atoms with Crippen LogP contribution in [0.15, 0.2) is 34.2 Å². The summed E-state index contributed by atoms with van der Waals surface area (Å²) in [5.41, 5.74) is 1.41. The van der Waals surface area contributed by atoms with E-state index in [2.05, 4.69) is 34.2 Å². The summed E-state index contributed by atoms with van der Waals surface area (Å²) in [5, 5.41) is 6.77. The molecule has 0 saturated heterocycles. The highest BCUT2D eigenvalue weighted by Gasteiger charge is 2.37. The van der Waals surface area contributed by atoms with Crippen LogP contribution in [0.3, 0.4) is 0 Å². The molecule has 0 radical (unpaired) electrons. The highest BCUT2D eigenvalue weighted by molar-refractivity contribution is 7.89. The van der Waals surface area contributed by atoms with Crippen LogP contribution in [0.5, 0.6) is 0 Å². The molecule has 1 aliphatic carbocycles. The summed E-state index contributed by atoms with van der Waals surface area (Å²) >= 11 is 0. The van der Waals surface area contributed by atoms with E-state index in [1.165, 1.54) is 32.7 Å². The number of aliphatic imine (C=N–C) groups is 1. The maximum Gasteiger partial charge on any atom is 0.240 e. The maximum absolute atomic E-state index is 11.8. The van der Waals surface area contributed by atoms with Gasteiger partial charge in [0, 0.05) is 20.1 Å². The Bertz CT molecular complexity index is 708. The van der Waals surface area contributed by atoms with Gasteiger partial charge in [-0.25, -0.2) is 13.1 Å². The van der Waals surface area contributed by atoms with Crippen LogP contribution >= 0.6 is 0 Å². The molecule has 1 saturated carbocycles. The van der Waals surface area contributed by atoms with E-state index in [0.717, 1.165) is 18.1 Å². The zero-order valence-corrected chi connectivity index (χ0v) is 17.1. The molecule has 0 atom stereocenters. The van der Waals surface area contributed by atoms with Crippen LogP contribution in [0, 0.1) is 11.3 Å². The average molecular weight is 381 g/mol. The molecular weight excluding hydrogens is 348 g/mol. The predicted molar refractivity (Wildman–Crippen MR) is 107 cm³/mol. The van der Waals surface area contributed by atoms with Gasteiger partial charge in [0.2, 0.25) is 10.0 Å². The molecule has 0 aliphatic heterocycles. The third kappa shape index (κ3) is 5.45. The van der Waals surface area contributed by atoms with Gasteiger partial charge in [-0.15, -0.1) is 0 Å². The van der Waals surface area contributed by atoms with Gasteiger partial charge in [0.1, 0.15) is 0 Å². The number of hydrogen-bond acceptors (Lipinski definition) is 3. The summed E-state index contributed by atoms with van der Waals surface area (Å²) in [5.74, 6) is 1.49. The lowest BCUT2D eigenvalue weighted by atomic mass is 9.64. The Balaban J connectivity index is 1.87. The fourth-order valence-corrected chi connectivity index (χ4v) is 4.31. The molecule has 0 aromatic heterocycles. The Morgan fingerprint density at radius 2 is 1.85 bits per heavy atom. The minimum Gasteiger partial charge on any atom is -0.356 e. The van der Waals surface area contributed by atoms with Crippen molar-refractivity contribution < 1.29 is 8.42 Å². The van der Waals surface area contributed by atoms with Crippen molar-refractivity contribution in [3.8, 4) is 0 Å². The topological polar surface area (TPSA) is 82.6 Å². The molecule has 1 fully saturated rings. The first-order valence-electron chi connectivity index (χ1n) is 9.27. The first-order chi connectivity index (χ1) is 12.3. The smallest absolute Gasteiger partial charge is 0.240 e. The van der Waals surface area contributed by atoms with Crippen LogP contribution in [-0.4, -0.2) is 35.0 Å². The molecule has 0 bridgehead atoms. The largest absolute Gasteiger partial charge is 0.356 e. The Kier molecular flexibility index (Phi) is 7.06. The molecule has 7 heteroatoms. The molecule has 3 N–H and O–H groups in total. The zero-order valence-electron chi connectivity index (χ0n) is 16.3. The van der Waals surface area contributed by atoms with Crippen LogP contribution in [0.2, 0.25) is 0 Å². The summed E-state index contributed by atoms with van der Waals surface area (Å²) in [6.45, 7) is 6.11. The molecule has 6 nitrogen and oxygen atoms in total. The standard InChI is InChI=1S/C19H32N4O2S/c1-15(2)12-19(10-5-11-19)14-23-18(20-3)22-13-16-6-8-17(9-7-16)26(24,25)21-4/h6-9,15,21H,5,10-14H2,1-4H3,(H2,20,22,23). The van der Waals surface area contributed by atoms with E-state index < -0.39 is 10.0 Å². The number of hydrogen-bond donors (Lipinski definition) is 3. The van der Waals surface area contributed by atoms with Gasteiger partial charge < -0.3 is 10.6 Å². The van der Waals surface area contributed by atoms with Crippen molar-refractivity contribution in [2.24, 2.45) is 16.3 Å². The normalized spacial score (nSPS) is 17.0. The summed E-state index contributed by atoms with van der Waals surface area (Å²) < 4.78 is 25.8. The summed E-state index contributed by atoms with van der Waals surface area (Å²) in [6.07, 6.45) is 5.15. The van der Waals surface area contributed by atoms with Gasteiger partial charge in [-0.1, -0.05) is 32.4 Å². The van der Waals surface area contributed by atoms with E-state index in [9.17, 15) is 8.42 Å². The molecule has 26 heavy (non-hydrogen) atoms. The molecular formula is C19H32N4O2S. The van der Waals surface area contributed by atoms with Crippen LogP contribution in [0.1, 0.15) is 45.1 Å². The number of nitrogens with one attached hydrogen (secondary N) is 3. The van der Waals surface area contributed by atoms with E-state index >= 15 is 0 Å². The van der Waals surface area contributed by atoms with Crippen LogP contribution < -0.4 is 15.4 Å². The van der Waals surface area contributed by atoms with Gasteiger partial charge >= 0.3 is 0 Å². The second-order valence-electron chi connectivity index (χ2n) is 7.58. The number of benzene rings is 1. The Labute approximate surface area is 157 Å². The minimum absolute atomic E-state index is 0.270. The Morgan fingerprint density at radius 1 is 1.19 bits per heavy atom. The third-order valence-electron chi connectivity index (χ3n) is 5.07. The van der Waals surface area contributed by atoms with E-state index in [1.54, 1.807) is 19.2 Å².